The van der Waals surface area contributed by atoms with Crippen LogP contribution in [0.1, 0.15) is 40.2 Å². The van der Waals surface area contributed by atoms with Crippen molar-refractivity contribution in [2.45, 2.75) is 26.3 Å². The molecule has 1 unspecified atom stereocenters. The lowest BCUT2D eigenvalue weighted by molar-refractivity contribution is 0.0936. The van der Waals surface area contributed by atoms with Gasteiger partial charge in [-0.25, -0.2) is 0 Å². The van der Waals surface area contributed by atoms with Crippen LogP contribution in [0.5, 0.6) is 0 Å². The minimum absolute atomic E-state index is 0.0525. The van der Waals surface area contributed by atoms with Crippen molar-refractivity contribution < 1.29 is 4.79 Å². The minimum atomic E-state index is -0.0525. The molecule has 0 spiro atoms. The van der Waals surface area contributed by atoms with Crippen molar-refractivity contribution >= 4 is 22.9 Å². The summed E-state index contributed by atoms with van der Waals surface area (Å²) in [6, 6.07) is 9.49. The number of thiophene rings is 1. The number of nitrogens with two attached hydrogens (primary N) is 1. The summed E-state index contributed by atoms with van der Waals surface area (Å²) in [6.45, 7) is 3.97. The van der Waals surface area contributed by atoms with Crippen LogP contribution in [0.25, 0.3) is 0 Å². The van der Waals surface area contributed by atoms with Gasteiger partial charge in [-0.3, -0.25) is 4.79 Å². The SMILES string of the molecule is CCC(NC(=O)c1ccc(N)c(C)c1)c1cccs1. The number of benzene rings is 1. The van der Waals surface area contributed by atoms with Gasteiger partial charge >= 0.3 is 0 Å². The van der Waals surface area contributed by atoms with Crippen molar-refractivity contribution in [3.8, 4) is 0 Å². The van der Waals surface area contributed by atoms with Gasteiger partial charge in [0.1, 0.15) is 0 Å². The van der Waals surface area contributed by atoms with Crippen LogP contribution in [-0.2, 0) is 0 Å². The van der Waals surface area contributed by atoms with Gasteiger partial charge in [0, 0.05) is 16.1 Å². The topological polar surface area (TPSA) is 55.1 Å². The van der Waals surface area contributed by atoms with Crippen molar-refractivity contribution in [1.82, 2.24) is 5.32 Å². The zero-order chi connectivity index (χ0) is 13.8. The van der Waals surface area contributed by atoms with E-state index >= 15 is 0 Å². The number of aryl methyl sites for hydroxylation is 1. The quantitative estimate of drug-likeness (QED) is 0.838. The molecule has 2 aromatic rings. The smallest absolute Gasteiger partial charge is 0.251 e. The lowest BCUT2D eigenvalue weighted by Crippen LogP contribution is -2.27. The van der Waals surface area contributed by atoms with E-state index in [-0.39, 0.29) is 11.9 Å². The summed E-state index contributed by atoms with van der Waals surface area (Å²) in [7, 11) is 0. The van der Waals surface area contributed by atoms with Crippen molar-refractivity contribution in [2.75, 3.05) is 5.73 Å². The predicted octanol–water partition coefficient (Wildman–Crippen LogP) is 3.52. The molecule has 0 fully saturated rings. The summed E-state index contributed by atoms with van der Waals surface area (Å²) in [6.07, 6.45) is 0.875. The number of carbonyl (C=O) groups excluding carboxylic acids is 1. The van der Waals surface area contributed by atoms with E-state index < -0.39 is 0 Å². The molecule has 0 radical (unpaired) electrons. The second-order valence-corrected chi connectivity index (χ2v) is 5.50. The van der Waals surface area contributed by atoms with E-state index in [0.29, 0.717) is 11.3 Å². The third-order valence-corrected chi connectivity index (χ3v) is 4.12. The Bertz CT molecular complexity index is 564. The molecule has 1 aromatic carbocycles. The van der Waals surface area contributed by atoms with Crippen molar-refractivity contribution in [3.63, 3.8) is 0 Å². The fourth-order valence-electron chi connectivity index (χ4n) is 1.92. The summed E-state index contributed by atoms with van der Waals surface area (Å²) in [4.78, 5) is 13.4. The maximum Gasteiger partial charge on any atom is 0.251 e. The molecule has 1 heterocycles. The van der Waals surface area contributed by atoms with E-state index in [2.05, 4.69) is 12.2 Å². The van der Waals surface area contributed by atoms with Gasteiger partial charge in [0.2, 0.25) is 0 Å². The first-order chi connectivity index (χ1) is 9.11. The van der Waals surface area contributed by atoms with Crippen LogP contribution >= 0.6 is 11.3 Å². The first kappa shape index (κ1) is 13.6. The van der Waals surface area contributed by atoms with Gasteiger partial charge < -0.3 is 11.1 Å². The molecule has 4 heteroatoms. The average molecular weight is 274 g/mol. The van der Waals surface area contributed by atoms with E-state index in [4.69, 9.17) is 5.73 Å². The number of hydrogen-bond donors (Lipinski definition) is 2. The third kappa shape index (κ3) is 3.15. The Kier molecular flexibility index (Phi) is 4.22. The van der Waals surface area contributed by atoms with Gasteiger partial charge in [0.25, 0.3) is 5.91 Å². The van der Waals surface area contributed by atoms with Crippen LogP contribution in [0.4, 0.5) is 5.69 Å². The molecule has 0 aliphatic heterocycles. The van der Waals surface area contributed by atoms with E-state index in [1.807, 2.05) is 30.5 Å². The third-order valence-electron chi connectivity index (χ3n) is 3.13. The molecule has 0 saturated heterocycles. The van der Waals surface area contributed by atoms with Gasteiger partial charge in [-0.15, -0.1) is 11.3 Å². The Morgan fingerprint density at radius 2 is 2.21 bits per heavy atom. The summed E-state index contributed by atoms with van der Waals surface area (Å²) in [5.74, 6) is -0.0525. The first-order valence-electron chi connectivity index (χ1n) is 6.32. The van der Waals surface area contributed by atoms with Crippen LogP contribution in [0.3, 0.4) is 0 Å². The molecule has 1 atom stereocenters. The molecule has 100 valence electrons. The summed E-state index contributed by atoms with van der Waals surface area (Å²) >= 11 is 1.66. The van der Waals surface area contributed by atoms with Crippen molar-refractivity contribution in [2.24, 2.45) is 0 Å². The highest BCUT2D eigenvalue weighted by Crippen LogP contribution is 2.22. The monoisotopic (exact) mass is 274 g/mol. The van der Waals surface area contributed by atoms with E-state index in [1.54, 1.807) is 23.5 Å². The molecule has 0 aliphatic rings. The van der Waals surface area contributed by atoms with Crippen LogP contribution in [0, 0.1) is 6.92 Å². The van der Waals surface area contributed by atoms with Crippen LogP contribution in [0.2, 0.25) is 0 Å². The lowest BCUT2D eigenvalue weighted by Gasteiger charge is -2.16. The standard InChI is InChI=1S/C15H18N2OS/c1-3-13(14-5-4-8-19-14)17-15(18)11-6-7-12(16)10(2)9-11/h4-9,13H,3,16H2,1-2H3,(H,17,18). The molecule has 0 saturated carbocycles. The van der Waals surface area contributed by atoms with Crippen LogP contribution in [-0.4, -0.2) is 5.91 Å². The van der Waals surface area contributed by atoms with Gasteiger partial charge in [-0.05, 0) is 48.6 Å². The molecular weight excluding hydrogens is 256 g/mol. The number of carbonyl (C=O) groups is 1. The second-order valence-electron chi connectivity index (χ2n) is 4.52. The van der Waals surface area contributed by atoms with E-state index in [9.17, 15) is 4.79 Å². The molecule has 1 aromatic heterocycles. The molecule has 1 amide bonds. The Morgan fingerprint density at radius 1 is 1.42 bits per heavy atom. The summed E-state index contributed by atoms with van der Waals surface area (Å²) < 4.78 is 0. The molecule has 2 rings (SSSR count). The first-order valence-corrected chi connectivity index (χ1v) is 7.20. The highest BCUT2D eigenvalue weighted by Gasteiger charge is 2.15. The number of rotatable bonds is 4. The highest BCUT2D eigenvalue weighted by molar-refractivity contribution is 7.10. The lowest BCUT2D eigenvalue weighted by atomic mass is 10.1. The minimum Gasteiger partial charge on any atom is -0.399 e. The van der Waals surface area contributed by atoms with Crippen LogP contribution < -0.4 is 11.1 Å². The number of anilines is 1. The zero-order valence-corrected chi connectivity index (χ0v) is 12.0. The predicted molar refractivity (Wildman–Crippen MR) is 80.4 cm³/mol. The number of amides is 1. The molecule has 0 bridgehead atoms. The van der Waals surface area contributed by atoms with E-state index in [1.165, 1.54) is 4.88 Å². The Balaban J connectivity index is 2.13. The Hall–Kier alpha value is -1.81. The molecule has 0 aliphatic carbocycles. The highest BCUT2D eigenvalue weighted by atomic mass is 32.1. The average Bonchev–Trinajstić information content (AvgIpc) is 2.92. The van der Waals surface area contributed by atoms with Crippen molar-refractivity contribution in [1.29, 1.82) is 0 Å². The number of nitrogens with one attached hydrogen (secondary N) is 1. The number of hydrogen-bond acceptors (Lipinski definition) is 3. The maximum absolute atomic E-state index is 12.2. The largest absolute Gasteiger partial charge is 0.399 e. The molecule has 19 heavy (non-hydrogen) atoms. The van der Waals surface area contributed by atoms with Gasteiger partial charge in [0.15, 0.2) is 0 Å². The van der Waals surface area contributed by atoms with Gasteiger partial charge in [-0.1, -0.05) is 13.0 Å². The fraction of sp³-hybridized carbons (Fsp3) is 0.267. The number of nitrogen functional groups attached to an aromatic ring is 1. The summed E-state index contributed by atoms with van der Waals surface area (Å²) in [5, 5.41) is 5.09. The van der Waals surface area contributed by atoms with Gasteiger partial charge in [0.05, 0.1) is 6.04 Å². The normalized spacial score (nSPS) is 12.1. The second kappa shape index (κ2) is 5.89. The Labute approximate surface area is 117 Å². The zero-order valence-electron chi connectivity index (χ0n) is 11.1. The van der Waals surface area contributed by atoms with Crippen LogP contribution in [0.15, 0.2) is 35.7 Å². The molecule has 3 nitrogen and oxygen atoms in total. The van der Waals surface area contributed by atoms with Gasteiger partial charge in [-0.2, -0.15) is 0 Å². The van der Waals surface area contributed by atoms with Crippen molar-refractivity contribution in [3.05, 3.63) is 51.7 Å². The molecule has 3 N–H and O–H groups in total. The Morgan fingerprint density at radius 3 is 2.79 bits per heavy atom. The maximum atomic E-state index is 12.2. The fourth-order valence-corrected chi connectivity index (χ4v) is 2.78. The summed E-state index contributed by atoms with van der Waals surface area (Å²) in [5.41, 5.74) is 8.06. The van der Waals surface area contributed by atoms with E-state index in [0.717, 1.165) is 12.0 Å². The molecular formula is C15H18N2OS.